The number of carbonyl (C=O) groups is 1. The number of carbonyl (C=O) groups excluding carboxylic acids is 1. The Kier molecular flexibility index (Phi) is 7.07. The molecular weight excluding hydrogens is 278 g/mol. The minimum Gasteiger partial charge on any atom is -0.360 e. The molecule has 126 valence electrons. The standard InChI is InChI=1S/C17H31N3O2/c1-7-9-12-20(6)17(4,5)10-11-18-16(21)15-13(3)14(8-2)22-19-15/h7-12H2,1-6H3,(H,18,21). The van der Waals surface area contributed by atoms with Crippen molar-refractivity contribution in [3.63, 3.8) is 0 Å². The van der Waals surface area contributed by atoms with E-state index in [1.165, 1.54) is 12.8 Å². The van der Waals surface area contributed by atoms with Crippen LogP contribution in [0.2, 0.25) is 0 Å². The Morgan fingerprint density at radius 3 is 2.59 bits per heavy atom. The van der Waals surface area contributed by atoms with Crippen molar-refractivity contribution in [3.8, 4) is 0 Å². The summed E-state index contributed by atoms with van der Waals surface area (Å²) in [5.74, 6) is 0.637. The summed E-state index contributed by atoms with van der Waals surface area (Å²) in [5, 5.41) is 6.84. The summed E-state index contributed by atoms with van der Waals surface area (Å²) in [4.78, 5) is 14.5. The molecule has 0 aromatic carbocycles. The fraction of sp³-hybridized carbons (Fsp3) is 0.765. The molecule has 0 saturated carbocycles. The van der Waals surface area contributed by atoms with Crippen molar-refractivity contribution in [2.75, 3.05) is 20.1 Å². The van der Waals surface area contributed by atoms with E-state index in [9.17, 15) is 4.79 Å². The predicted octanol–water partition coefficient (Wildman–Crippen LogP) is 3.18. The molecule has 1 rings (SSSR count). The number of rotatable bonds is 9. The van der Waals surface area contributed by atoms with Crippen LogP contribution >= 0.6 is 0 Å². The van der Waals surface area contributed by atoms with Gasteiger partial charge in [-0.25, -0.2) is 0 Å². The molecule has 0 aliphatic heterocycles. The zero-order valence-corrected chi connectivity index (χ0v) is 15.0. The highest BCUT2D eigenvalue weighted by Crippen LogP contribution is 2.17. The Morgan fingerprint density at radius 1 is 1.36 bits per heavy atom. The number of unbranched alkanes of at least 4 members (excludes halogenated alkanes) is 1. The van der Waals surface area contributed by atoms with Gasteiger partial charge in [0.05, 0.1) is 0 Å². The van der Waals surface area contributed by atoms with Crippen LogP contribution in [0, 0.1) is 6.92 Å². The number of nitrogens with one attached hydrogen (secondary N) is 1. The molecule has 0 saturated heterocycles. The van der Waals surface area contributed by atoms with E-state index in [-0.39, 0.29) is 11.4 Å². The Labute approximate surface area is 134 Å². The summed E-state index contributed by atoms with van der Waals surface area (Å²) in [6, 6.07) is 0. The second kappa shape index (κ2) is 8.32. The van der Waals surface area contributed by atoms with Crippen LogP contribution in [-0.2, 0) is 6.42 Å². The maximum absolute atomic E-state index is 12.2. The number of amides is 1. The average Bonchev–Trinajstić information content (AvgIpc) is 2.85. The topological polar surface area (TPSA) is 58.4 Å². The lowest BCUT2D eigenvalue weighted by atomic mass is 9.98. The predicted molar refractivity (Wildman–Crippen MR) is 89.2 cm³/mol. The fourth-order valence-electron chi connectivity index (χ4n) is 2.37. The minimum atomic E-state index is -0.145. The third-order valence-electron chi connectivity index (χ3n) is 4.46. The van der Waals surface area contributed by atoms with E-state index in [1.54, 1.807) is 0 Å². The number of aromatic nitrogens is 1. The summed E-state index contributed by atoms with van der Waals surface area (Å²) < 4.78 is 5.18. The third-order valence-corrected chi connectivity index (χ3v) is 4.46. The number of nitrogens with zero attached hydrogens (tertiary/aromatic N) is 2. The van der Waals surface area contributed by atoms with Crippen LogP contribution in [0.1, 0.15) is 68.8 Å². The fourth-order valence-corrected chi connectivity index (χ4v) is 2.37. The summed E-state index contributed by atoms with van der Waals surface area (Å²) in [5.41, 5.74) is 1.32. The summed E-state index contributed by atoms with van der Waals surface area (Å²) in [6.07, 6.45) is 4.05. The lowest BCUT2D eigenvalue weighted by molar-refractivity contribution is 0.0927. The van der Waals surface area contributed by atoms with Gasteiger partial charge in [-0.3, -0.25) is 4.79 Å². The molecule has 0 bridgehead atoms. The first-order chi connectivity index (χ1) is 10.3. The quantitative estimate of drug-likeness (QED) is 0.761. The van der Waals surface area contributed by atoms with Gasteiger partial charge in [0, 0.05) is 24.1 Å². The molecule has 0 fully saturated rings. The van der Waals surface area contributed by atoms with E-state index in [1.807, 2.05) is 13.8 Å². The first-order valence-corrected chi connectivity index (χ1v) is 8.28. The van der Waals surface area contributed by atoms with E-state index in [0.29, 0.717) is 12.2 Å². The summed E-state index contributed by atoms with van der Waals surface area (Å²) >= 11 is 0. The molecule has 1 amide bonds. The van der Waals surface area contributed by atoms with Crippen molar-refractivity contribution < 1.29 is 9.32 Å². The molecule has 0 unspecified atom stereocenters. The van der Waals surface area contributed by atoms with Gasteiger partial charge >= 0.3 is 0 Å². The molecule has 0 atom stereocenters. The van der Waals surface area contributed by atoms with Crippen molar-refractivity contribution >= 4 is 5.91 Å². The van der Waals surface area contributed by atoms with E-state index in [0.717, 1.165) is 30.7 Å². The Bertz CT molecular complexity index is 480. The first kappa shape index (κ1) is 18.7. The second-order valence-corrected chi connectivity index (χ2v) is 6.53. The van der Waals surface area contributed by atoms with Gasteiger partial charge in [-0.15, -0.1) is 0 Å². The van der Waals surface area contributed by atoms with Gasteiger partial charge in [-0.05, 0) is 47.2 Å². The smallest absolute Gasteiger partial charge is 0.273 e. The van der Waals surface area contributed by atoms with Gasteiger partial charge in [-0.1, -0.05) is 25.4 Å². The van der Waals surface area contributed by atoms with Crippen molar-refractivity contribution in [2.45, 2.75) is 65.8 Å². The summed E-state index contributed by atoms with van der Waals surface area (Å²) in [6.45, 7) is 12.2. The highest BCUT2D eigenvalue weighted by Gasteiger charge is 2.23. The largest absolute Gasteiger partial charge is 0.360 e. The van der Waals surface area contributed by atoms with E-state index in [4.69, 9.17) is 4.52 Å². The monoisotopic (exact) mass is 309 g/mol. The highest BCUT2D eigenvalue weighted by molar-refractivity contribution is 5.93. The lowest BCUT2D eigenvalue weighted by Crippen LogP contribution is -2.44. The maximum atomic E-state index is 12.2. The van der Waals surface area contributed by atoms with Gasteiger partial charge in [0.15, 0.2) is 5.69 Å². The molecule has 1 aromatic heterocycles. The van der Waals surface area contributed by atoms with Crippen molar-refractivity contribution in [1.82, 2.24) is 15.4 Å². The molecule has 0 aliphatic carbocycles. The van der Waals surface area contributed by atoms with Crippen LogP contribution in [-0.4, -0.2) is 41.6 Å². The van der Waals surface area contributed by atoms with E-state index < -0.39 is 0 Å². The molecule has 0 radical (unpaired) electrons. The molecule has 0 aliphatic rings. The first-order valence-electron chi connectivity index (χ1n) is 8.28. The molecule has 22 heavy (non-hydrogen) atoms. The maximum Gasteiger partial charge on any atom is 0.273 e. The van der Waals surface area contributed by atoms with Gasteiger partial charge in [-0.2, -0.15) is 0 Å². The normalized spacial score (nSPS) is 12.0. The molecule has 5 nitrogen and oxygen atoms in total. The Balaban J connectivity index is 2.48. The number of hydrogen-bond acceptors (Lipinski definition) is 4. The Hall–Kier alpha value is -1.36. The molecule has 5 heteroatoms. The van der Waals surface area contributed by atoms with Crippen LogP contribution in [0.4, 0.5) is 0 Å². The molecule has 1 heterocycles. The van der Waals surface area contributed by atoms with Gasteiger partial charge in [0.2, 0.25) is 0 Å². The SMILES string of the molecule is CCCCN(C)C(C)(C)CCNC(=O)c1noc(CC)c1C. The van der Waals surface area contributed by atoms with Crippen LogP contribution in [0.5, 0.6) is 0 Å². The number of hydrogen-bond donors (Lipinski definition) is 1. The zero-order valence-electron chi connectivity index (χ0n) is 15.0. The van der Waals surface area contributed by atoms with Crippen molar-refractivity contribution in [3.05, 3.63) is 17.0 Å². The number of aryl methyl sites for hydroxylation is 1. The minimum absolute atomic E-state index is 0.0654. The van der Waals surface area contributed by atoms with Crippen molar-refractivity contribution in [1.29, 1.82) is 0 Å². The van der Waals surface area contributed by atoms with Crippen LogP contribution in [0.25, 0.3) is 0 Å². The van der Waals surface area contributed by atoms with Gasteiger partial charge in [0.25, 0.3) is 5.91 Å². The van der Waals surface area contributed by atoms with Crippen LogP contribution < -0.4 is 5.32 Å². The van der Waals surface area contributed by atoms with Crippen LogP contribution in [0.15, 0.2) is 4.52 Å². The van der Waals surface area contributed by atoms with E-state index >= 15 is 0 Å². The molecule has 1 N–H and O–H groups in total. The molecular formula is C17H31N3O2. The second-order valence-electron chi connectivity index (χ2n) is 6.53. The summed E-state index contributed by atoms with van der Waals surface area (Å²) in [7, 11) is 2.15. The van der Waals surface area contributed by atoms with E-state index in [2.05, 4.69) is 43.2 Å². The zero-order chi connectivity index (χ0) is 16.8. The van der Waals surface area contributed by atoms with Gasteiger partial charge in [0.1, 0.15) is 5.76 Å². The lowest BCUT2D eigenvalue weighted by Gasteiger charge is -2.35. The van der Waals surface area contributed by atoms with Crippen molar-refractivity contribution in [2.24, 2.45) is 0 Å². The molecule has 1 aromatic rings. The highest BCUT2D eigenvalue weighted by atomic mass is 16.5. The Morgan fingerprint density at radius 2 is 2.05 bits per heavy atom. The third kappa shape index (κ3) is 4.83. The molecule has 0 spiro atoms. The van der Waals surface area contributed by atoms with Crippen LogP contribution in [0.3, 0.4) is 0 Å². The average molecular weight is 309 g/mol. The van der Waals surface area contributed by atoms with Gasteiger partial charge < -0.3 is 14.7 Å².